The Morgan fingerprint density at radius 3 is 2.39 bits per heavy atom. The van der Waals surface area contributed by atoms with Gasteiger partial charge in [-0.2, -0.15) is 0 Å². The largest absolute Gasteiger partial charge is 0.389 e. The number of nitrogens with zero attached hydrogens (tertiary/aromatic N) is 1. The van der Waals surface area contributed by atoms with Crippen molar-refractivity contribution in [2.75, 3.05) is 18.4 Å². The Balaban J connectivity index is 1.61. The Labute approximate surface area is 166 Å². The van der Waals surface area contributed by atoms with Crippen LogP contribution in [-0.2, 0) is 11.2 Å². The molecule has 3 rings (SSSR count). The molecule has 1 fully saturated rings. The highest BCUT2D eigenvalue weighted by atomic mass is 16.3. The van der Waals surface area contributed by atoms with Crippen molar-refractivity contribution in [1.29, 1.82) is 0 Å². The second-order valence-electron chi connectivity index (χ2n) is 7.90. The van der Waals surface area contributed by atoms with Gasteiger partial charge >= 0.3 is 0 Å². The Morgan fingerprint density at radius 1 is 1.07 bits per heavy atom. The predicted molar refractivity (Wildman–Crippen MR) is 110 cm³/mol. The van der Waals surface area contributed by atoms with Gasteiger partial charge < -0.3 is 15.3 Å². The zero-order valence-electron chi connectivity index (χ0n) is 16.5. The number of carbonyl (C=O) groups excluding carboxylic acids is 2. The number of amides is 2. The molecule has 1 saturated heterocycles. The lowest BCUT2D eigenvalue weighted by Gasteiger charge is -2.38. The summed E-state index contributed by atoms with van der Waals surface area (Å²) in [5.41, 5.74) is 1.51. The maximum atomic E-state index is 12.9. The van der Waals surface area contributed by atoms with Gasteiger partial charge in [0, 0.05) is 36.7 Å². The van der Waals surface area contributed by atoms with E-state index in [1.54, 1.807) is 29.2 Å². The summed E-state index contributed by atoms with van der Waals surface area (Å²) in [7, 11) is 0. The number of hydrogen-bond donors (Lipinski definition) is 2. The van der Waals surface area contributed by atoms with Crippen LogP contribution in [0.3, 0.4) is 0 Å². The van der Waals surface area contributed by atoms with E-state index < -0.39 is 5.60 Å². The number of rotatable bonds is 5. The van der Waals surface area contributed by atoms with Crippen molar-refractivity contribution in [2.24, 2.45) is 5.92 Å². The SMILES string of the molecule is CC(C)C(=O)Nc1cccc(C(=O)N2CCC(O)(Cc3ccccc3)CC2)c1. The third-order valence-electron chi connectivity index (χ3n) is 5.26. The molecule has 0 radical (unpaired) electrons. The second kappa shape index (κ2) is 8.57. The van der Waals surface area contributed by atoms with Crippen LogP contribution in [0.4, 0.5) is 5.69 Å². The van der Waals surface area contributed by atoms with E-state index in [1.165, 1.54) is 0 Å². The fourth-order valence-electron chi connectivity index (χ4n) is 3.48. The number of hydrogen-bond acceptors (Lipinski definition) is 3. The van der Waals surface area contributed by atoms with Crippen LogP contribution in [0, 0.1) is 5.92 Å². The van der Waals surface area contributed by atoms with Crippen LogP contribution in [0.15, 0.2) is 54.6 Å². The first kappa shape index (κ1) is 20.1. The molecule has 5 heteroatoms. The molecule has 2 amide bonds. The van der Waals surface area contributed by atoms with E-state index in [9.17, 15) is 14.7 Å². The fourth-order valence-corrected chi connectivity index (χ4v) is 3.48. The summed E-state index contributed by atoms with van der Waals surface area (Å²) in [5.74, 6) is -0.264. The van der Waals surface area contributed by atoms with Crippen molar-refractivity contribution in [3.05, 3.63) is 65.7 Å². The molecular formula is C23H28N2O3. The number of piperidine rings is 1. The molecular weight excluding hydrogens is 352 g/mol. The first-order valence-electron chi connectivity index (χ1n) is 9.83. The van der Waals surface area contributed by atoms with Crippen LogP contribution in [0.2, 0.25) is 0 Å². The van der Waals surface area contributed by atoms with Crippen molar-refractivity contribution in [1.82, 2.24) is 4.90 Å². The third-order valence-corrected chi connectivity index (χ3v) is 5.26. The van der Waals surface area contributed by atoms with Crippen LogP contribution in [-0.4, -0.2) is 40.5 Å². The number of anilines is 1. The molecule has 2 aromatic carbocycles. The number of carbonyl (C=O) groups is 2. The van der Waals surface area contributed by atoms with E-state index in [4.69, 9.17) is 0 Å². The normalized spacial score (nSPS) is 16.1. The lowest BCUT2D eigenvalue weighted by Crippen LogP contribution is -2.47. The van der Waals surface area contributed by atoms with Crippen LogP contribution >= 0.6 is 0 Å². The average Bonchev–Trinajstić information content (AvgIpc) is 2.68. The van der Waals surface area contributed by atoms with Gasteiger partial charge in [-0.1, -0.05) is 50.2 Å². The molecule has 0 atom stereocenters. The van der Waals surface area contributed by atoms with Crippen molar-refractivity contribution < 1.29 is 14.7 Å². The third kappa shape index (κ3) is 4.98. The predicted octanol–water partition coefficient (Wildman–Crippen LogP) is 3.49. The second-order valence-corrected chi connectivity index (χ2v) is 7.90. The van der Waals surface area contributed by atoms with Crippen LogP contribution in [0.1, 0.15) is 42.6 Å². The van der Waals surface area contributed by atoms with Crippen molar-refractivity contribution >= 4 is 17.5 Å². The Morgan fingerprint density at radius 2 is 1.75 bits per heavy atom. The summed E-state index contributed by atoms with van der Waals surface area (Å²) in [6, 6.07) is 17.0. The molecule has 5 nitrogen and oxygen atoms in total. The van der Waals surface area contributed by atoms with Gasteiger partial charge in [0.25, 0.3) is 5.91 Å². The van der Waals surface area contributed by atoms with Gasteiger partial charge in [0.05, 0.1) is 5.60 Å². The van der Waals surface area contributed by atoms with E-state index >= 15 is 0 Å². The highest BCUT2D eigenvalue weighted by molar-refractivity contribution is 5.97. The van der Waals surface area contributed by atoms with Gasteiger partial charge in [-0.25, -0.2) is 0 Å². The van der Waals surface area contributed by atoms with Gasteiger partial charge in [-0.15, -0.1) is 0 Å². The Kier molecular flexibility index (Phi) is 6.15. The van der Waals surface area contributed by atoms with Crippen LogP contribution < -0.4 is 5.32 Å². The topological polar surface area (TPSA) is 69.6 Å². The molecule has 2 aromatic rings. The molecule has 0 bridgehead atoms. The van der Waals surface area contributed by atoms with E-state index in [0.717, 1.165) is 5.56 Å². The molecule has 0 saturated carbocycles. The van der Waals surface area contributed by atoms with E-state index in [1.807, 2.05) is 44.2 Å². The molecule has 1 aliphatic rings. The maximum Gasteiger partial charge on any atom is 0.253 e. The number of benzene rings is 2. The van der Waals surface area contributed by atoms with Gasteiger partial charge in [0.15, 0.2) is 0 Å². The molecule has 0 unspecified atom stereocenters. The molecule has 0 spiro atoms. The fraction of sp³-hybridized carbons (Fsp3) is 0.391. The highest BCUT2D eigenvalue weighted by Crippen LogP contribution is 2.27. The number of nitrogens with one attached hydrogen (secondary N) is 1. The zero-order valence-corrected chi connectivity index (χ0v) is 16.5. The molecule has 0 aliphatic carbocycles. The zero-order chi connectivity index (χ0) is 20.1. The maximum absolute atomic E-state index is 12.9. The standard InChI is InChI=1S/C23H28N2O3/c1-17(2)21(26)24-20-10-6-9-19(15-20)22(27)25-13-11-23(28,12-14-25)16-18-7-4-3-5-8-18/h3-10,15,17,28H,11-14,16H2,1-2H3,(H,24,26). The molecule has 1 aliphatic heterocycles. The summed E-state index contributed by atoms with van der Waals surface area (Å²) < 4.78 is 0. The lowest BCUT2D eigenvalue weighted by molar-refractivity contribution is -0.118. The minimum Gasteiger partial charge on any atom is -0.389 e. The first-order chi connectivity index (χ1) is 13.4. The minimum atomic E-state index is -0.773. The summed E-state index contributed by atoms with van der Waals surface area (Å²) in [4.78, 5) is 26.5. The number of likely N-dealkylation sites (tertiary alicyclic amines) is 1. The van der Waals surface area contributed by atoms with E-state index in [-0.39, 0.29) is 17.7 Å². The quantitative estimate of drug-likeness (QED) is 0.834. The lowest BCUT2D eigenvalue weighted by atomic mass is 9.85. The molecule has 2 N–H and O–H groups in total. The summed E-state index contributed by atoms with van der Waals surface area (Å²) in [5, 5.41) is 13.7. The van der Waals surface area contributed by atoms with Gasteiger partial charge in [-0.3, -0.25) is 9.59 Å². The Hall–Kier alpha value is -2.66. The summed E-state index contributed by atoms with van der Waals surface area (Å²) >= 11 is 0. The van der Waals surface area contributed by atoms with Crippen molar-refractivity contribution in [3.8, 4) is 0 Å². The van der Waals surface area contributed by atoms with Gasteiger partial charge in [-0.05, 0) is 36.6 Å². The minimum absolute atomic E-state index is 0.0672. The summed E-state index contributed by atoms with van der Waals surface area (Å²) in [6.07, 6.45) is 1.71. The molecule has 0 aromatic heterocycles. The summed E-state index contributed by atoms with van der Waals surface area (Å²) in [6.45, 7) is 4.69. The van der Waals surface area contributed by atoms with Crippen molar-refractivity contribution in [3.63, 3.8) is 0 Å². The average molecular weight is 380 g/mol. The van der Waals surface area contributed by atoms with Crippen LogP contribution in [0.5, 0.6) is 0 Å². The van der Waals surface area contributed by atoms with E-state index in [0.29, 0.717) is 43.6 Å². The monoisotopic (exact) mass is 380 g/mol. The molecule has 1 heterocycles. The highest BCUT2D eigenvalue weighted by Gasteiger charge is 2.34. The van der Waals surface area contributed by atoms with E-state index in [2.05, 4.69) is 5.32 Å². The van der Waals surface area contributed by atoms with Gasteiger partial charge in [0.1, 0.15) is 0 Å². The van der Waals surface area contributed by atoms with Crippen LogP contribution in [0.25, 0.3) is 0 Å². The molecule has 28 heavy (non-hydrogen) atoms. The smallest absolute Gasteiger partial charge is 0.253 e. The first-order valence-corrected chi connectivity index (χ1v) is 9.83. The Bertz CT molecular complexity index is 825. The van der Waals surface area contributed by atoms with Crippen molar-refractivity contribution in [2.45, 2.75) is 38.7 Å². The van der Waals surface area contributed by atoms with Gasteiger partial charge in [0.2, 0.25) is 5.91 Å². The molecule has 148 valence electrons. The number of aliphatic hydroxyl groups is 1.